The van der Waals surface area contributed by atoms with Gasteiger partial charge in [0.25, 0.3) is 0 Å². The van der Waals surface area contributed by atoms with Gasteiger partial charge in [-0.3, -0.25) is 4.79 Å². The monoisotopic (exact) mass is 265 g/mol. The zero-order chi connectivity index (χ0) is 13.3. The maximum absolute atomic E-state index is 11.9. The topological polar surface area (TPSA) is 78.0 Å². The van der Waals surface area contributed by atoms with Crippen LogP contribution in [0.1, 0.15) is 20.2 Å². The van der Waals surface area contributed by atoms with Gasteiger partial charge >= 0.3 is 5.82 Å². The molecule has 0 unspecified atom stereocenters. The van der Waals surface area contributed by atoms with Gasteiger partial charge in [-0.2, -0.15) is 4.68 Å². The van der Waals surface area contributed by atoms with Gasteiger partial charge in [-0.05, 0) is 30.9 Å². The van der Waals surface area contributed by atoms with Crippen LogP contribution in [0.4, 0.5) is 5.82 Å². The van der Waals surface area contributed by atoms with Crippen LogP contribution in [0.2, 0.25) is 0 Å². The van der Waals surface area contributed by atoms with Crippen molar-refractivity contribution in [2.75, 3.05) is 0 Å². The van der Waals surface area contributed by atoms with Gasteiger partial charge in [0.2, 0.25) is 0 Å². The van der Waals surface area contributed by atoms with Crippen LogP contribution < -0.4 is 0 Å². The maximum Gasteiger partial charge on any atom is 0.390 e. The molecule has 0 amide bonds. The fraction of sp³-hybridized carbons (Fsp3) is 0.273. The molecule has 2 aromatic heterocycles. The number of nitrogens with zero attached hydrogens (tertiary/aromatic N) is 3. The molecule has 0 atom stereocenters. The molecule has 0 aromatic carbocycles. The Bertz CT molecular complexity index is 615. The highest BCUT2D eigenvalue weighted by atomic mass is 32.1. The summed E-state index contributed by atoms with van der Waals surface area (Å²) in [6.45, 7) is 3.64. The van der Waals surface area contributed by atoms with E-state index in [-0.39, 0.29) is 18.1 Å². The lowest BCUT2D eigenvalue weighted by Crippen LogP contribution is -2.12. The maximum atomic E-state index is 11.9. The van der Waals surface area contributed by atoms with Gasteiger partial charge in [-0.15, -0.1) is 11.3 Å². The molecule has 2 aromatic rings. The zero-order valence-corrected chi connectivity index (χ0v) is 10.7. The first-order chi connectivity index (χ1) is 8.47. The highest BCUT2D eigenvalue weighted by molar-refractivity contribution is 7.14. The summed E-state index contributed by atoms with van der Waals surface area (Å²) in [5.74, 6) is -0.322. The Morgan fingerprint density at radius 1 is 1.50 bits per heavy atom. The zero-order valence-electron chi connectivity index (χ0n) is 9.91. The van der Waals surface area contributed by atoms with E-state index in [9.17, 15) is 14.9 Å². The molecule has 0 N–H and O–H groups in total. The molecule has 7 heteroatoms. The van der Waals surface area contributed by atoms with E-state index >= 15 is 0 Å². The number of thiophene rings is 1. The van der Waals surface area contributed by atoms with Crippen LogP contribution in [-0.4, -0.2) is 20.5 Å². The van der Waals surface area contributed by atoms with E-state index in [1.807, 2.05) is 13.0 Å². The van der Waals surface area contributed by atoms with E-state index in [0.29, 0.717) is 10.6 Å². The van der Waals surface area contributed by atoms with Crippen molar-refractivity contribution in [3.8, 4) is 0 Å². The number of hydrogen-bond acceptors (Lipinski definition) is 5. The number of Topliss-reactive ketones (excluding diaryl/α,β-unsaturated/α-hetero) is 1. The minimum Gasteiger partial charge on any atom is -0.358 e. The number of carbonyl (C=O) groups is 1. The predicted octanol–water partition coefficient (Wildman–Crippen LogP) is 2.35. The van der Waals surface area contributed by atoms with Crippen LogP contribution in [-0.2, 0) is 6.54 Å². The van der Waals surface area contributed by atoms with Crippen molar-refractivity contribution in [2.45, 2.75) is 20.4 Å². The molecule has 6 nitrogen and oxygen atoms in total. The number of carbonyl (C=O) groups excluding carboxylic acids is 1. The Morgan fingerprint density at radius 2 is 2.22 bits per heavy atom. The third-order valence-electron chi connectivity index (χ3n) is 2.46. The van der Waals surface area contributed by atoms with Crippen LogP contribution in [0, 0.1) is 24.0 Å². The van der Waals surface area contributed by atoms with Crippen molar-refractivity contribution in [2.24, 2.45) is 0 Å². The molecule has 18 heavy (non-hydrogen) atoms. The largest absolute Gasteiger partial charge is 0.390 e. The summed E-state index contributed by atoms with van der Waals surface area (Å²) in [6, 6.07) is 4.98. The molecule has 0 spiro atoms. The van der Waals surface area contributed by atoms with Gasteiger partial charge in [0.1, 0.15) is 6.54 Å². The quantitative estimate of drug-likeness (QED) is 0.483. The summed E-state index contributed by atoms with van der Waals surface area (Å²) in [6.07, 6.45) is 0. The third-order valence-corrected chi connectivity index (χ3v) is 3.51. The van der Waals surface area contributed by atoms with Crippen molar-refractivity contribution in [1.29, 1.82) is 0 Å². The molecule has 0 aliphatic heterocycles. The first-order valence-corrected chi connectivity index (χ1v) is 6.07. The number of nitro groups is 1. The number of hydrogen-bond donors (Lipinski definition) is 0. The Balaban J connectivity index is 2.19. The van der Waals surface area contributed by atoms with Crippen molar-refractivity contribution in [3.05, 3.63) is 43.8 Å². The number of ketones is 1. The van der Waals surface area contributed by atoms with Crippen molar-refractivity contribution in [1.82, 2.24) is 9.78 Å². The molecule has 0 bridgehead atoms. The second-order valence-electron chi connectivity index (χ2n) is 3.89. The fourth-order valence-electron chi connectivity index (χ4n) is 1.54. The number of rotatable bonds is 4. The number of aromatic nitrogens is 2. The predicted molar refractivity (Wildman–Crippen MR) is 67.0 cm³/mol. The summed E-state index contributed by atoms with van der Waals surface area (Å²) >= 11 is 1.41. The SMILES string of the molecule is Cc1ccc(C(=O)Cn2nc([N+](=O)[O-])cc2C)s1. The molecule has 0 aliphatic rings. The molecule has 0 radical (unpaired) electrons. The van der Waals surface area contributed by atoms with Crippen molar-refractivity contribution >= 4 is 22.9 Å². The Morgan fingerprint density at radius 3 is 2.72 bits per heavy atom. The second kappa shape index (κ2) is 4.69. The Kier molecular flexibility index (Phi) is 3.24. The molecule has 0 fully saturated rings. The van der Waals surface area contributed by atoms with Gasteiger partial charge in [-0.1, -0.05) is 0 Å². The minimum atomic E-state index is -0.566. The van der Waals surface area contributed by atoms with Gasteiger partial charge < -0.3 is 10.1 Å². The summed E-state index contributed by atoms with van der Waals surface area (Å²) in [4.78, 5) is 23.6. The highest BCUT2D eigenvalue weighted by Crippen LogP contribution is 2.17. The van der Waals surface area contributed by atoms with Crippen molar-refractivity contribution in [3.63, 3.8) is 0 Å². The summed E-state index contributed by atoms with van der Waals surface area (Å²) in [5.41, 5.74) is 0.600. The first kappa shape index (κ1) is 12.4. The molecule has 2 heterocycles. The average Bonchev–Trinajstić information content (AvgIpc) is 2.86. The van der Waals surface area contributed by atoms with Crippen LogP contribution >= 0.6 is 11.3 Å². The normalized spacial score (nSPS) is 10.6. The van der Waals surface area contributed by atoms with Crippen LogP contribution in [0.3, 0.4) is 0 Å². The smallest absolute Gasteiger partial charge is 0.358 e. The second-order valence-corrected chi connectivity index (χ2v) is 5.18. The molecule has 0 saturated carbocycles. The minimum absolute atomic E-state index is 0.0274. The standard InChI is InChI=1S/C11H11N3O3S/c1-7-5-11(14(16)17)12-13(7)6-9(15)10-4-3-8(2)18-10/h3-5H,6H2,1-2H3. The fourth-order valence-corrected chi connectivity index (χ4v) is 2.34. The van der Waals surface area contributed by atoms with E-state index in [1.54, 1.807) is 13.0 Å². The van der Waals surface area contributed by atoms with Crippen LogP contribution in [0.25, 0.3) is 0 Å². The molecular formula is C11H11N3O3S. The third kappa shape index (κ3) is 2.45. The molecule has 94 valence electrons. The van der Waals surface area contributed by atoms with Crippen LogP contribution in [0.15, 0.2) is 18.2 Å². The summed E-state index contributed by atoms with van der Waals surface area (Å²) in [5, 5.41) is 14.4. The van der Waals surface area contributed by atoms with Crippen molar-refractivity contribution < 1.29 is 9.72 Å². The van der Waals surface area contributed by atoms with E-state index in [4.69, 9.17) is 0 Å². The lowest BCUT2D eigenvalue weighted by atomic mass is 10.3. The molecular weight excluding hydrogens is 254 g/mol. The Hall–Kier alpha value is -2.02. The van der Waals surface area contributed by atoms with E-state index in [1.165, 1.54) is 22.1 Å². The average molecular weight is 265 g/mol. The molecule has 0 aliphatic carbocycles. The van der Waals surface area contributed by atoms with Gasteiger partial charge in [0.15, 0.2) is 5.78 Å². The van der Waals surface area contributed by atoms with Gasteiger partial charge in [0.05, 0.1) is 21.7 Å². The van der Waals surface area contributed by atoms with Gasteiger partial charge in [-0.25, -0.2) is 0 Å². The van der Waals surface area contributed by atoms with E-state index < -0.39 is 4.92 Å². The van der Waals surface area contributed by atoms with Gasteiger partial charge in [0, 0.05) is 4.88 Å². The van der Waals surface area contributed by atoms with E-state index in [2.05, 4.69) is 5.10 Å². The summed E-state index contributed by atoms with van der Waals surface area (Å²) < 4.78 is 1.36. The highest BCUT2D eigenvalue weighted by Gasteiger charge is 2.18. The number of aryl methyl sites for hydroxylation is 2. The lowest BCUT2D eigenvalue weighted by molar-refractivity contribution is -0.389. The Labute approximate surface area is 107 Å². The summed E-state index contributed by atoms with van der Waals surface area (Å²) in [7, 11) is 0. The van der Waals surface area contributed by atoms with E-state index in [0.717, 1.165) is 4.88 Å². The lowest BCUT2D eigenvalue weighted by Gasteiger charge is -1.97. The molecule has 0 saturated heterocycles. The van der Waals surface area contributed by atoms with Crippen LogP contribution in [0.5, 0.6) is 0 Å². The first-order valence-electron chi connectivity index (χ1n) is 5.26. The molecule has 2 rings (SSSR count).